The van der Waals surface area contributed by atoms with E-state index in [9.17, 15) is 19.3 Å². The number of aliphatic hydroxyl groups is 1. The number of nitrogens with zero attached hydrogens (tertiary/aromatic N) is 5. The van der Waals surface area contributed by atoms with E-state index in [0.717, 1.165) is 6.20 Å². The number of alkyl halides is 1. The van der Waals surface area contributed by atoms with Gasteiger partial charge in [-0.1, -0.05) is 23.3 Å². The fourth-order valence-corrected chi connectivity index (χ4v) is 4.91. The second-order valence-electron chi connectivity index (χ2n) is 8.49. The summed E-state index contributed by atoms with van der Waals surface area (Å²) in [6.07, 6.45) is -5.69. The molecule has 1 unspecified atom stereocenters. The Morgan fingerprint density at radius 3 is 2.68 bits per heavy atom. The van der Waals surface area contributed by atoms with Gasteiger partial charge in [0, 0.05) is 11.1 Å². The summed E-state index contributed by atoms with van der Waals surface area (Å²) in [5.41, 5.74) is 11.1. The highest BCUT2D eigenvalue weighted by molar-refractivity contribution is 7.52. The van der Waals surface area contributed by atoms with Gasteiger partial charge in [-0.15, -0.1) is 0 Å². The SMILES string of the molecule is CC(C)OC(=O)[C@H](C)NP(=O)(OC[C@@]1(N=[N+]=[N-])O[C@@H](n2ccc(N)nc2=O)[C@H](F)[C@@H]1O)Oc1ccccc1. The van der Waals surface area contributed by atoms with Gasteiger partial charge in [-0.05, 0) is 44.5 Å². The Labute approximate surface area is 215 Å². The number of benzene rings is 1. The maximum atomic E-state index is 15.2. The van der Waals surface area contributed by atoms with E-state index in [0.29, 0.717) is 4.57 Å². The molecule has 2 heterocycles. The zero-order valence-electron chi connectivity index (χ0n) is 20.6. The van der Waals surface area contributed by atoms with Gasteiger partial charge in [-0.25, -0.2) is 13.8 Å². The van der Waals surface area contributed by atoms with Crippen LogP contribution >= 0.6 is 7.75 Å². The summed E-state index contributed by atoms with van der Waals surface area (Å²) in [5, 5.41) is 16.4. The summed E-state index contributed by atoms with van der Waals surface area (Å²) in [5.74, 6) is -0.847. The number of nitrogens with two attached hydrogens (primary N) is 1. The van der Waals surface area contributed by atoms with Gasteiger partial charge in [0.05, 0.1) is 12.7 Å². The van der Waals surface area contributed by atoms with Crippen molar-refractivity contribution in [1.29, 1.82) is 0 Å². The molecule has 38 heavy (non-hydrogen) atoms. The van der Waals surface area contributed by atoms with Crippen LogP contribution < -0.4 is 21.0 Å². The number of hydrogen-bond donors (Lipinski definition) is 3. The molecular weight excluding hydrogens is 528 g/mol. The van der Waals surface area contributed by atoms with Crippen LogP contribution in [0.1, 0.15) is 27.0 Å². The van der Waals surface area contributed by atoms with Crippen molar-refractivity contribution in [3.63, 3.8) is 0 Å². The van der Waals surface area contributed by atoms with E-state index < -0.39 is 62.4 Å². The van der Waals surface area contributed by atoms with E-state index in [1.807, 2.05) is 0 Å². The molecule has 1 aromatic heterocycles. The van der Waals surface area contributed by atoms with Crippen LogP contribution in [0, 0.1) is 0 Å². The molecule has 17 heteroatoms. The molecule has 3 rings (SSSR count). The maximum Gasteiger partial charge on any atom is 0.459 e. The van der Waals surface area contributed by atoms with Crippen LogP contribution in [-0.4, -0.2) is 57.4 Å². The van der Waals surface area contributed by atoms with Crippen LogP contribution in [0.3, 0.4) is 0 Å². The summed E-state index contributed by atoms with van der Waals surface area (Å²) in [7, 11) is -4.51. The standard InChI is InChI=1S/C21H27FN7O8P/c1-12(2)35-19(31)13(3)26-38(33,37-14-7-5-4-6-8-14)34-11-21(27-28-24)17(30)16(22)18(36-21)29-10-9-15(23)25-20(29)32/h4-10,12-13,16-18,30H,11H2,1-3H3,(H,26,33)(H2,23,25,32)/t13-,16+,17-,18+,21+,38?/m0/s1. The Balaban J connectivity index is 1.90. The number of carbonyl (C=O) groups is 1. The molecule has 1 aromatic carbocycles. The average Bonchev–Trinajstić information content (AvgIpc) is 3.09. The molecule has 0 saturated carbocycles. The fraction of sp³-hybridized carbons (Fsp3) is 0.476. The molecule has 6 atom stereocenters. The maximum absolute atomic E-state index is 15.2. The minimum absolute atomic E-state index is 0.0687. The Morgan fingerprint density at radius 2 is 2.08 bits per heavy atom. The molecule has 0 amide bonds. The predicted octanol–water partition coefficient (Wildman–Crippen LogP) is 2.19. The van der Waals surface area contributed by atoms with Gasteiger partial charge in [-0.3, -0.25) is 13.9 Å². The Kier molecular flexibility index (Phi) is 9.09. The van der Waals surface area contributed by atoms with Crippen LogP contribution in [0.15, 0.2) is 52.5 Å². The lowest BCUT2D eigenvalue weighted by atomic mass is 10.1. The monoisotopic (exact) mass is 555 g/mol. The van der Waals surface area contributed by atoms with Crippen molar-refractivity contribution in [3.8, 4) is 5.75 Å². The molecule has 1 saturated heterocycles. The van der Waals surface area contributed by atoms with Crippen LogP contribution in [0.2, 0.25) is 0 Å². The largest absolute Gasteiger partial charge is 0.462 e. The summed E-state index contributed by atoms with van der Waals surface area (Å²) in [6.45, 7) is 3.56. The van der Waals surface area contributed by atoms with E-state index >= 15 is 4.39 Å². The van der Waals surface area contributed by atoms with Crippen molar-refractivity contribution in [2.24, 2.45) is 5.11 Å². The number of carbonyl (C=O) groups excluding carboxylic acids is 1. The second-order valence-corrected chi connectivity index (χ2v) is 10.2. The normalized spacial score (nSPS) is 25.3. The molecule has 206 valence electrons. The number of nitrogen functional groups attached to an aromatic ring is 1. The lowest BCUT2D eigenvalue weighted by Crippen LogP contribution is -2.45. The van der Waals surface area contributed by atoms with Crippen molar-refractivity contribution in [2.75, 3.05) is 12.3 Å². The number of esters is 1. The molecule has 0 bridgehead atoms. The molecule has 4 N–H and O–H groups in total. The first-order chi connectivity index (χ1) is 17.9. The number of hydrogen-bond acceptors (Lipinski definition) is 11. The second kappa shape index (κ2) is 11.9. The number of azide groups is 1. The molecule has 0 radical (unpaired) electrons. The number of rotatable bonds is 11. The smallest absolute Gasteiger partial charge is 0.459 e. The van der Waals surface area contributed by atoms with Crippen LogP contribution in [-0.2, 0) is 23.4 Å². The zero-order chi connectivity index (χ0) is 28.1. The van der Waals surface area contributed by atoms with Crippen molar-refractivity contribution in [1.82, 2.24) is 14.6 Å². The van der Waals surface area contributed by atoms with Crippen molar-refractivity contribution >= 4 is 19.5 Å². The topological polar surface area (TPSA) is 213 Å². The predicted molar refractivity (Wildman–Crippen MR) is 130 cm³/mol. The molecule has 0 aliphatic carbocycles. The van der Waals surface area contributed by atoms with Gasteiger partial charge in [0.15, 0.2) is 12.4 Å². The van der Waals surface area contributed by atoms with Gasteiger partial charge >= 0.3 is 19.4 Å². The number of nitrogens with one attached hydrogen (secondary N) is 1. The van der Waals surface area contributed by atoms with Gasteiger partial charge in [0.2, 0.25) is 5.72 Å². The Morgan fingerprint density at radius 1 is 1.39 bits per heavy atom. The number of para-hydroxylation sites is 1. The molecule has 1 aliphatic rings. The molecule has 15 nitrogen and oxygen atoms in total. The Bertz CT molecular complexity index is 1290. The first-order valence-corrected chi connectivity index (χ1v) is 12.8. The molecule has 2 aromatic rings. The number of anilines is 1. The molecule has 0 spiro atoms. The van der Waals surface area contributed by atoms with E-state index in [-0.39, 0.29) is 11.6 Å². The number of halogens is 1. The zero-order valence-corrected chi connectivity index (χ0v) is 21.5. The third kappa shape index (κ3) is 6.67. The summed E-state index contributed by atoms with van der Waals surface area (Å²) in [4.78, 5) is 30.6. The van der Waals surface area contributed by atoms with Crippen molar-refractivity contribution in [3.05, 3.63) is 63.5 Å². The number of aromatic nitrogens is 2. The number of ether oxygens (including phenoxy) is 2. The highest BCUT2D eigenvalue weighted by Gasteiger charge is 2.57. The first kappa shape index (κ1) is 29.0. The van der Waals surface area contributed by atoms with Crippen LogP contribution in [0.5, 0.6) is 5.75 Å². The van der Waals surface area contributed by atoms with Gasteiger partial charge < -0.3 is 24.8 Å². The quantitative estimate of drug-likeness (QED) is 0.120. The van der Waals surface area contributed by atoms with Gasteiger partial charge in [0.1, 0.15) is 23.7 Å². The van der Waals surface area contributed by atoms with Crippen LogP contribution in [0.4, 0.5) is 10.2 Å². The Hall–Kier alpha value is -3.52. The highest BCUT2D eigenvalue weighted by Crippen LogP contribution is 2.48. The average molecular weight is 555 g/mol. The summed E-state index contributed by atoms with van der Waals surface area (Å²) in [6, 6.07) is 7.72. The minimum atomic E-state index is -4.51. The third-order valence-electron chi connectivity index (χ3n) is 5.17. The van der Waals surface area contributed by atoms with E-state index in [1.165, 1.54) is 25.1 Å². The van der Waals surface area contributed by atoms with Crippen LogP contribution in [0.25, 0.3) is 10.4 Å². The van der Waals surface area contributed by atoms with Gasteiger partial charge in [0.25, 0.3) is 0 Å². The van der Waals surface area contributed by atoms with Gasteiger partial charge in [-0.2, -0.15) is 10.1 Å². The lowest BCUT2D eigenvalue weighted by Gasteiger charge is -2.29. The molecule has 1 fully saturated rings. The fourth-order valence-electron chi connectivity index (χ4n) is 3.40. The van der Waals surface area contributed by atoms with E-state index in [1.54, 1.807) is 32.0 Å². The molecular formula is C21H27FN7O8P. The summed E-state index contributed by atoms with van der Waals surface area (Å²) >= 11 is 0. The molecule has 1 aliphatic heterocycles. The third-order valence-corrected chi connectivity index (χ3v) is 6.79. The van der Waals surface area contributed by atoms with Crippen molar-refractivity contribution in [2.45, 2.75) is 57.1 Å². The van der Waals surface area contributed by atoms with Crippen molar-refractivity contribution < 1.29 is 37.4 Å². The number of aliphatic hydroxyl groups excluding tert-OH is 1. The first-order valence-electron chi connectivity index (χ1n) is 11.3. The summed E-state index contributed by atoms with van der Waals surface area (Å²) < 4.78 is 51.1. The lowest BCUT2D eigenvalue weighted by molar-refractivity contribution is -0.149. The highest BCUT2D eigenvalue weighted by atomic mass is 31.2. The van der Waals surface area contributed by atoms with E-state index in [4.69, 9.17) is 29.8 Å². The minimum Gasteiger partial charge on any atom is -0.462 e. The van der Waals surface area contributed by atoms with E-state index in [2.05, 4.69) is 20.1 Å².